The maximum absolute atomic E-state index is 12.4. The number of Topliss-reactive ketones (excluding diaryl/α,β-unsaturated/α-hetero) is 1. The van der Waals surface area contributed by atoms with Crippen LogP contribution in [-0.4, -0.2) is 29.7 Å². The van der Waals surface area contributed by atoms with Gasteiger partial charge in [-0.25, -0.2) is 0 Å². The van der Waals surface area contributed by atoms with Crippen LogP contribution in [0.3, 0.4) is 0 Å². The normalized spacial score (nSPS) is 18.4. The molecule has 0 aliphatic carbocycles. The Bertz CT molecular complexity index is 293. The Morgan fingerprint density at radius 3 is 2.32 bits per heavy atom. The van der Waals surface area contributed by atoms with E-state index in [0.29, 0.717) is 18.2 Å². The second kappa shape index (κ2) is 8.34. The molecule has 1 unspecified atom stereocenters. The van der Waals surface area contributed by atoms with Gasteiger partial charge < -0.3 is 9.69 Å². The highest BCUT2D eigenvalue weighted by Gasteiger charge is 2.27. The molecule has 0 bridgehead atoms. The highest BCUT2D eigenvalue weighted by Crippen LogP contribution is 2.24. The Kier molecular flexibility index (Phi) is 7.11. The molecule has 110 valence electrons. The van der Waals surface area contributed by atoms with Gasteiger partial charge in [0.25, 0.3) is 0 Å². The molecule has 1 heterocycles. The summed E-state index contributed by atoms with van der Waals surface area (Å²) in [5.74, 6) is 1.33. The fourth-order valence-corrected chi connectivity index (χ4v) is 2.97. The number of piperidine rings is 1. The van der Waals surface area contributed by atoms with Crippen molar-refractivity contribution in [1.29, 1.82) is 0 Å². The molecule has 1 aliphatic heterocycles. The molecule has 1 rings (SSSR count). The van der Waals surface area contributed by atoms with Crippen LogP contribution in [0.15, 0.2) is 0 Å². The molecule has 0 aromatic rings. The predicted molar refractivity (Wildman–Crippen MR) is 77.9 cm³/mol. The highest BCUT2D eigenvalue weighted by molar-refractivity contribution is 5.79. The van der Waals surface area contributed by atoms with E-state index in [1.165, 1.54) is 0 Å². The van der Waals surface area contributed by atoms with Crippen molar-refractivity contribution in [2.75, 3.05) is 13.1 Å². The topological polar surface area (TPSA) is 37.4 Å². The second-order valence-electron chi connectivity index (χ2n) is 5.92. The molecular formula is C16H29NO2. The largest absolute Gasteiger partial charge is 0.342 e. The zero-order chi connectivity index (χ0) is 14.3. The highest BCUT2D eigenvalue weighted by atomic mass is 16.2. The van der Waals surface area contributed by atoms with Crippen LogP contribution < -0.4 is 0 Å². The summed E-state index contributed by atoms with van der Waals surface area (Å²) >= 11 is 0. The summed E-state index contributed by atoms with van der Waals surface area (Å²) < 4.78 is 0. The van der Waals surface area contributed by atoms with Gasteiger partial charge in [-0.3, -0.25) is 4.79 Å². The van der Waals surface area contributed by atoms with Gasteiger partial charge in [0.05, 0.1) is 0 Å². The van der Waals surface area contributed by atoms with E-state index >= 15 is 0 Å². The van der Waals surface area contributed by atoms with Gasteiger partial charge in [-0.2, -0.15) is 0 Å². The average Bonchev–Trinajstić information content (AvgIpc) is 2.39. The van der Waals surface area contributed by atoms with Gasteiger partial charge in [0, 0.05) is 25.4 Å². The van der Waals surface area contributed by atoms with E-state index < -0.39 is 0 Å². The van der Waals surface area contributed by atoms with E-state index in [2.05, 4.69) is 13.8 Å². The second-order valence-corrected chi connectivity index (χ2v) is 5.92. The molecule has 19 heavy (non-hydrogen) atoms. The average molecular weight is 267 g/mol. The van der Waals surface area contributed by atoms with Crippen molar-refractivity contribution in [2.45, 2.75) is 65.7 Å². The number of hydrogen-bond donors (Lipinski definition) is 0. The minimum Gasteiger partial charge on any atom is -0.342 e. The molecular weight excluding hydrogens is 238 g/mol. The van der Waals surface area contributed by atoms with Gasteiger partial charge in [0.2, 0.25) is 5.91 Å². The summed E-state index contributed by atoms with van der Waals surface area (Å²) in [5.41, 5.74) is 0. The van der Waals surface area contributed by atoms with Crippen molar-refractivity contribution < 1.29 is 9.59 Å². The number of nitrogens with zero attached hydrogens (tertiary/aromatic N) is 1. The van der Waals surface area contributed by atoms with E-state index in [-0.39, 0.29) is 11.7 Å². The Balaban J connectivity index is 2.40. The molecule has 1 fully saturated rings. The molecule has 3 nitrogen and oxygen atoms in total. The van der Waals surface area contributed by atoms with Crippen LogP contribution in [0.4, 0.5) is 0 Å². The molecule has 0 radical (unpaired) electrons. The lowest BCUT2D eigenvalue weighted by molar-refractivity contribution is -0.137. The number of ketones is 1. The molecule has 1 saturated heterocycles. The first-order valence-corrected chi connectivity index (χ1v) is 7.86. The third kappa shape index (κ3) is 5.33. The maximum atomic E-state index is 12.4. The van der Waals surface area contributed by atoms with E-state index in [1.807, 2.05) is 4.90 Å². The van der Waals surface area contributed by atoms with Crippen LogP contribution in [0.25, 0.3) is 0 Å². The first-order valence-electron chi connectivity index (χ1n) is 7.86. The van der Waals surface area contributed by atoms with Crippen LogP contribution in [0, 0.1) is 11.8 Å². The summed E-state index contributed by atoms with van der Waals surface area (Å²) in [6, 6.07) is 0. The fourth-order valence-electron chi connectivity index (χ4n) is 2.97. The van der Waals surface area contributed by atoms with E-state index in [1.54, 1.807) is 6.92 Å². The monoisotopic (exact) mass is 267 g/mol. The minimum absolute atomic E-state index is 0.212. The zero-order valence-electron chi connectivity index (χ0n) is 12.8. The summed E-state index contributed by atoms with van der Waals surface area (Å²) in [6.45, 7) is 7.64. The SMILES string of the molecule is CCCCC(CC)C(=O)N1CCC(CC(C)=O)CC1. The number of likely N-dealkylation sites (tertiary alicyclic amines) is 1. The maximum Gasteiger partial charge on any atom is 0.225 e. The van der Waals surface area contributed by atoms with Crippen molar-refractivity contribution in [3.63, 3.8) is 0 Å². The van der Waals surface area contributed by atoms with Gasteiger partial charge in [-0.15, -0.1) is 0 Å². The lowest BCUT2D eigenvalue weighted by atomic mass is 9.90. The molecule has 0 spiro atoms. The van der Waals surface area contributed by atoms with Crippen molar-refractivity contribution in [1.82, 2.24) is 4.90 Å². The predicted octanol–water partition coefficient (Wildman–Crippen LogP) is 3.42. The van der Waals surface area contributed by atoms with Gasteiger partial charge in [-0.1, -0.05) is 26.7 Å². The van der Waals surface area contributed by atoms with Gasteiger partial charge in [0.15, 0.2) is 0 Å². The first-order chi connectivity index (χ1) is 9.08. The van der Waals surface area contributed by atoms with Gasteiger partial charge in [0.1, 0.15) is 5.78 Å². The Morgan fingerprint density at radius 2 is 1.84 bits per heavy atom. The fraction of sp³-hybridized carbons (Fsp3) is 0.875. The summed E-state index contributed by atoms with van der Waals surface area (Å²) in [5, 5.41) is 0. The molecule has 1 amide bonds. The van der Waals surface area contributed by atoms with Crippen molar-refractivity contribution in [3.05, 3.63) is 0 Å². The summed E-state index contributed by atoms with van der Waals surface area (Å²) in [6.07, 6.45) is 6.96. The molecule has 0 aromatic carbocycles. The molecule has 1 atom stereocenters. The molecule has 0 N–H and O–H groups in total. The van der Waals surface area contributed by atoms with Crippen LogP contribution in [-0.2, 0) is 9.59 Å². The Morgan fingerprint density at radius 1 is 1.21 bits per heavy atom. The number of carbonyl (C=O) groups is 2. The standard InChI is InChI=1S/C16H29NO2/c1-4-6-7-15(5-2)16(19)17-10-8-14(9-11-17)12-13(3)18/h14-15H,4-12H2,1-3H3. The molecule has 3 heteroatoms. The van der Waals surface area contributed by atoms with Crippen LogP contribution in [0.2, 0.25) is 0 Å². The quantitative estimate of drug-likeness (QED) is 0.708. The van der Waals surface area contributed by atoms with E-state index in [0.717, 1.165) is 51.6 Å². The smallest absolute Gasteiger partial charge is 0.225 e. The van der Waals surface area contributed by atoms with E-state index in [9.17, 15) is 9.59 Å². The first kappa shape index (κ1) is 16.2. The third-order valence-corrected chi connectivity index (χ3v) is 4.25. The van der Waals surface area contributed by atoms with Crippen LogP contribution >= 0.6 is 0 Å². The van der Waals surface area contributed by atoms with Crippen LogP contribution in [0.1, 0.15) is 65.7 Å². The van der Waals surface area contributed by atoms with Gasteiger partial charge in [-0.05, 0) is 38.5 Å². The zero-order valence-corrected chi connectivity index (χ0v) is 12.8. The third-order valence-electron chi connectivity index (χ3n) is 4.25. The van der Waals surface area contributed by atoms with Crippen molar-refractivity contribution in [3.8, 4) is 0 Å². The Hall–Kier alpha value is -0.860. The van der Waals surface area contributed by atoms with Crippen LogP contribution in [0.5, 0.6) is 0 Å². The molecule has 1 aliphatic rings. The lowest BCUT2D eigenvalue weighted by Crippen LogP contribution is -2.42. The number of hydrogen-bond acceptors (Lipinski definition) is 2. The molecule has 0 aromatic heterocycles. The van der Waals surface area contributed by atoms with Crippen molar-refractivity contribution >= 4 is 11.7 Å². The minimum atomic E-state index is 0.212. The van der Waals surface area contributed by atoms with E-state index in [4.69, 9.17) is 0 Å². The number of rotatable bonds is 7. The Labute approximate surface area is 117 Å². The lowest BCUT2D eigenvalue weighted by Gasteiger charge is -2.34. The van der Waals surface area contributed by atoms with Crippen molar-refractivity contribution in [2.24, 2.45) is 11.8 Å². The summed E-state index contributed by atoms with van der Waals surface area (Å²) in [4.78, 5) is 25.6. The molecule has 0 saturated carbocycles. The number of amides is 1. The van der Waals surface area contributed by atoms with Gasteiger partial charge >= 0.3 is 0 Å². The number of unbranched alkanes of at least 4 members (excludes halogenated alkanes) is 1. The number of carbonyl (C=O) groups excluding carboxylic acids is 2. The summed E-state index contributed by atoms with van der Waals surface area (Å²) in [7, 11) is 0.